The van der Waals surface area contributed by atoms with Crippen LogP contribution < -0.4 is 4.57 Å². The topological polar surface area (TPSA) is 3.88 Å². The Hall–Kier alpha value is -0.370. The van der Waals surface area contributed by atoms with Gasteiger partial charge in [0.1, 0.15) is 7.05 Å². The summed E-state index contributed by atoms with van der Waals surface area (Å²) in [6.45, 7) is 2.10. The fourth-order valence-electron chi connectivity index (χ4n) is 0.408. The van der Waals surface area contributed by atoms with Gasteiger partial charge in [-0.05, 0) is 0 Å². The molecule has 1 nitrogen and oxygen atoms in total. The average Bonchev–Trinajstić information content (AvgIpc) is 1.91. The minimum absolute atomic E-state index is 1.35. The lowest BCUT2D eigenvalue weighted by molar-refractivity contribution is -0.672. The van der Waals surface area contributed by atoms with Crippen molar-refractivity contribution in [2.45, 2.75) is 6.92 Å². The second-order valence-corrected chi connectivity index (χ2v) is 2.63. The number of nitrogens with zero attached hydrogens (tertiary/aromatic N) is 1. The Kier molecular flexibility index (Phi) is 1.11. The molecule has 0 amide bonds. The van der Waals surface area contributed by atoms with Crippen LogP contribution in [0.3, 0.4) is 0 Å². The van der Waals surface area contributed by atoms with Crippen LogP contribution in [0.1, 0.15) is 5.01 Å². The quantitative estimate of drug-likeness (QED) is 0.441. The van der Waals surface area contributed by atoms with Crippen LogP contribution in [0.4, 0.5) is 0 Å². The average molecular weight is 114 g/mol. The molecule has 7 heavy (non-hydrogen) atoms. The van der Waals surface area contributed by atoms with Crippen molar-refractivity contribution in [2.24, 2.45) is 7.05 Å². The van der Waals surface area contributed by atoms with E-state index < -0.39 is 0 Å². The highest BCUT2D eigenvalue weighted by atomic mass is 32.1. The van der Waals surface area contributed by atoms with E-state index in [1.54, 1.807) is 11.3 Å². The summed E-state index contributed by atoms with van der Waals surface area (Å²) >= 11 is 1.77. The largest absolute Gasteiger partial charge is 0.233 e. The van der Waals surface area contributed by atoms with Crippen molar-refractivity contribution < 1.29 is 4.57 Å². The van der Waals surface area contributed by atoms with Crippen LogP contribution in [-0.4, -0.2) is 0 Å². The molecule has 0 aromatic carbocycles. The maximum absolute atomic E-state index is 2.10. The van der Waals surface area contributed by atoms with Gasteiger partial charge in [0.25, 0.3) is 0 Å². The van der Waals surface area contributed by atoms with E-state index >= 15 is 0 Å². The molecular formula is C5H8NS+. The fourth-order valence-corrected chi connectivity index (χ4v) is 1.08. The Balaban J connectivity index is 3.12. The van der Waals surface area contributed by atoms with Crippen molar-refractivity contribution in [2.75, 3.05) is 0 Å². The van der Waals surface area contributed by atoms with E-state index in [0.717, 1.165) is 0 Å². The highest BCUT2D eigenvalue weighted by Crippen LogP contribution is 1.95. The van der Waals surface area contributed by atoms with Gasteiger partial charge in [0, 0.05) is 6.92 Å². The maximum atomic E-state index is 2.10. The van der Waals surface area contributed by atoms with E-state index in [1.165, 1.54) is 5.01 Å². The third kappa shape index (κ3) is 0.800. The summed E-state index contributed by atoms with van der Waals surface area (Å²) in [5, 5.41) is 3.43. The molecule has 1 aromatic heterocycles. The van der Waals surface area contributed by atoms with Crippen LogP contribution in [0.15, 0.2) is 11.6 Å². The van der Waals surface area contributed by atoms with Gasteiger partial charge in [0.15, 0.2) is 6.20 Å². The number of hydrogen-bond donors (Lipinski definition) is 0. The van der Waals surface area contributed by atoms with Crippen LogP contribution >= 0.6 is 11.3 Å². The van der Waals surface area contributed by atoms with Crippen LogP contribution in [0.5, 0.6) is 0 Å². The molecular weight excluding hydrogens is 106 g/mol. The molecule has 1 aromatic rings. The predicted octanol–water partition coefficient (Wildman–Crippen LogP) is 0.881. The Morgan fingerprint density at radius 2 is 2.43 bits per heavy atom. The summed E-state index contributed by atoms with van der Waals surface area (Å²) < 4.78 is 2.10. The first-order valence-corrected chi connectivity index (χ1v) is 3.08. The van der Waals surface area contributed by atoms with E-state index in [9.17, 15) is 0 Å². The van der Waals surface area contributed by atoms with Gasteiger partial charge in [-0.3, -0.25) is 0 Å². The normalized spacial score (nSPS) is 9.43. The summed E-state index contributed by atoms with van der Waals surface area (Å²) in [6.07, 6.45) is 2.06. The number of rotatable bonds is 0. The van der Waals surface area contributed by atoms with Crippen molar-refractivity contribution in [3.05, 3.63) is 16.6 Å². The van der Waals surface area contributed by atoms with Crippen LogP contribution in [0, 0.1) is 6.92 Å². The summed E-state index contributed by atoms with van der Waals surface area (Å²) in [6, 6.07) is 0. The molecule has 0 atom stereocenters. The van der Waals surface area contributed by atoms with Gasteiger partial charge in [-0.15, -0.1) is 0 Å². The third-order valence-corrected chi connectivity index (χ3v) is 1.91. The molecule has 0 aliphatic rings. The molecule has 0 N–H and O–H groups in total. The fraction of sp³-hybridized carbons (Fsp3) is 0.400. The zero-order valence-electron chi connectivity index (χ0n) is 4.51. The number of aromatic nitrogens is 1. The predicted molar refractivity (Wildman–Crippen MR) is 30.2 cm³/mol. The Morgan fingerprint density at radius 1 is 1.71 bits per heavy atom. The molecule has 0 aliphatic carbocycles. The van der Waals surface area contributed by atoms with Gasteiger partial charge in [-0.2, -0.15) is 4.57 Å². The van der Waals surface area contributed by atoms with E-state index in [0.29, 0.717) is 0 Å². The molecule has 0 bridgehead atoms. The van der Waals surface area contributed by atoms with Crippen LogP contribution in [0.25, 0.3) is 0 Å². The summed E-state index contributed by atoms with van der Waals surface area (Å²) in [7, 11) is 2.05. The van der Waals surface area contributed by atoms with Crippen LogP contribution in [0.2, 0.25) is 0 Å². The molecule has 0 saturated carbocycles. The zero-order valence-corrected chi connectivity index (χ0v) is 5.33. The molecule has 0 saturated heterocycles. The van der Waals surface area contributed by atoms with Gasteiger partial charge in [0.05, 0.1) is 5.38 Å². The molecule has 1 heterocycles. The minimum atomic E-state index is 1.35. The molecule has 1 rings (SSSR count). The summed E-state index contributed by atoms with van der Waals surface area (Å²) in [5.41, 5.74) is 0. The molecule has 0 unspecified atom stereocenters. The van der Waals surface area contributed by atoms with Gasteiger partial charge in [0.2, 0.25) is 5.01 Å². The monoisotopic (exact) mass is 114 g/mol. The Labute approximate surface area is 47.2 Å². The number of hydrogen-bond acceptors (Lipinski definition) is 1. The first-order chi connectivity index (χ1) is 3.30. The lowest BCUT2D eigenvalue weighted by Crippen LogP contribution is -2.26. The number of thiazole rings is 1. The van der Waals surface area contributed by atoms with Gasteiger partial charge in [-0.25, -0.2) is 0 Å². The molecule has 0 spiro atoms. The van der Waals surface area contributed by atoms with E-state index in [-0.39, 0.29) is 0 Å². The van der Waals surface area contributed by atoms with Crippen LogP contribution in [-0.2, 0) is 7.05 Å². The summed E-state index contributed by atoms with van der Waals surface area (Å²) in [4.78, 5) is 0. The molecule has 38 valence electrons. The molecule has 0 fully saturated rings. The lowest BCUT2D eigenvalue weighted by atomic mass is 10.8. The maximum Gasteiger partial charge on any atom is 0.233 e. The van der Waals surface area contributed by atoms with E-state index in [1.807, 2.05) is 7.05 Å². The van der Waals surface area contributed by atoms with E-state index in [4.69, 9.17) is 0 Å². The van der Waals surface area contributed by atoms with E-state index in [2.05, 4.69) is 23.1 Å². The minimum Gasteiger partial charge on any atom is -0.196 e. The third-order valence-electron chi connectivity index (χ3n) is 1.02. The van der Waals surface area contributed by atoms with Crippen molar-refractivity contribution in [3.63, 3.8) is 0 Å². The molecule has 0 radical (unpaired) electrons. The second kappa shape index (κ2) is 1.62. The number of aryl methyl sites for hydroxylation is 2. The smallest absolute Gasteiger partial charge is 0.196 e. The van der Waals surface area contributed by atoms with Gasteiger partial charge in [-0.1, -0.05) is 11.3 Å². The van der Waals surface area contributed by atoms with Crippen molar-refractivity contribution >= 4 is 11.3 Å². The Morgan fingerprint density at radius 3 is 2.57 bits per heavy atom. The lowest BCUT2D eigenvalue weighted by Gasteiger charge is -1.74. The first-order valence-electron chi connectivity index (χ1n) is 2.20. The highest BCUT2D eigenvalue weighted by molar-refractivity contribution is 7.09. The SMILES string of the molecule is Cc1scc[n+]1C. The van der Waals surface area contributed by atoms with Gasteiger partial charge >= 0.3 is 0 Å². The first kappa shape index (κ1) is 4.78. The van der Waals surface area contributed by atoms with Crippen molar-refractivity contribution in [1.82, 2.24) is 0 Å². The second-order valence-electron chi connectivity index (χ2n) is 1.53. The highest BCUT2D eigenvalue weighted by Gasteiger charge is 1.95. The molecule has 0 aliphatic heterocycles. The zero-order chi connectivity index (χ0) is 5.28. The molecule has 2 heteroatoms. The summed E-state index contributed by atoms with van der Waals surface area (Å²) in [5.74, 6) is 0. The van der Waals surface area contributed by atoms with Crippen molar-refractivity contribution in [1.29, 1.82) is 0 Å². The standard InChI is InChI=1S/C5H8NS/c1-5-6(2)3-4-7-5/h3-4H,1-2H3/q+1. The Bertz CT molecular complexity index is 140. The van der Waals surface area contributed by atoms with Gasteiger partial charge < -0.3 is 0 Å². The van der Waals surface area contributed by atoms with Crippen molar-refractivity contribution in [3.8, 4) is 0 Å².